The van der Waals surface area contributed by atoms with Crippen LogP contribution in [0.25, 0.3) is 10.3 Å². The third-order valence-corrected chi connectivity index (χ3v) is 4.90. The summed E-state index contributed by atoms with van der Waals surface area (Å²) in [5.74, 6) is -1.37. The Morgan fingerprint density at radius 1 is 1.34 bits per heavy atom. The summed E-state index contributed by atoms with van der Waals surface area (Å²) in [5.41, 5.74) is 5.83. The fourth-order valence-corrected chi connectivity index (χ4v) is 3.83. The Balaban J connectivity index is 2.07. The van der Waals surface area contributed by atoms with E-state index in [1.54, 1.807) is 0 Å². The minimum atomic E-state index is -1.17. The van der Waals surface area contributed by atoms with Crippen LogP contribution < -0.4 is 10.6 Å². The van der Waals surface area contributed by atoms with Gasteiger partial charge in [-0.15, -0.1) is 0 Å². The molecule has 0 spiro atoms. The van der Waals surface area contributed by atoms with Gasteiger partial charge in [0.1, 0.15) is 6.10 Å². The van der Waals surface area contributed by atoms with Crippen LogP contribution >= 0.6 is 11.3 Å². The Labute approximate surface area is 168 Å². The molecule has 3 rings (SSSR count). The maximum Gasteiger partial charge on any atom is 0.311 e. The zero-order valence-electron chi connectivity index (χ0n) is 15.8. The molecule has 0 aliphatic carbocycles. The lowest BCUT2D eigenvalue weighted by molar-refractivity contribution is -0.167. The van der Waals surface area contributed by atoms with Crippen molar-refractivity contribution in [3.63, 3.8) is 0 Å². The lowest BCUT2D eigenvalue weighted by Crippen LogP contribution is -2.41. The summed E-state index contributed by atoms with van der Waals surface area (Å²) >= 11 is 0.857. The van der Waals surface area contributed by atoms with Crippen molar-refractivity contribution < 1.29 is 33.6 Å². The van der Waals surface area contributed by atoms with Gasteiger partial charge >= 0.3 is 16.8 Å². The first kappa shape index (κ1) is 21.1. The van der Waals surface area contributed by atoms with Gasteiger partial charge in [-0.1, -0.05) is 11.3 Å². The third kappa shape index (κ3) is 4.53. The van der Waals surface area contributed by atoms with Gasteiger partial charge in [0.15, 0.2) is 30.4 Å². The number of nitrogen functional groups attached to an aromatic ring is 1. The molecule has 12 nitrogen and oxygen atoms in total. The maximum atomic E-state index is 12.6. The topological polar surface area (TPSA) is 165 Å². The third-order valence-electron chi connectivity index (χ3n) is 4.02. The van der Waals surface area contributed by atoms with Crippen molar-refractivity contribution in [3.8, 4) is 0 Å². The Kier molecular flexibility index (Phi) is 6.12. The molecule has 0 aromatic carbocycles. The summed E-state index contributed by atoms with van der Waals surface area (Å²) in [7, 11) is 0. The lowest BCUT2D eigenvalue weighted by Gasteiger charge is -2.23. The number of fused-ring (bicyclic) bond motifs is 1. The second kappa shape index (κ2) is 8.41. The number of rotatable bonds is 6. The number of hydrogen-bond donors (Lipinski definition) is 2. The standard InChI is InChI=1S/C16H20N4O8S/c1-6(21)25-5-9-11(26-7(2)22)12(27-8(3)23)14(28-9)20-13-10(29-16(20)24)4-18-15(17)19-13/h4,6,9,11-12,14,21H,5H2,1-3H3,(H2,17,18,19)/t6?,9-,11-,12-,14?/m1/s1. The fourth-order valence-electron chi connectivity index (χ4n) is 3.01. The van der Waals surface area contributed by atoms with Crippen LogP contribution in [0, 0.1) is 0 Å². The quantitative estimate of drug-likeness (QED) is 0.452. The molecule has 1 saturated heterocycles. The number of aromatic nitrogens is 3. The highest BCUT2D eigenvalue weighted by atomic mass is 32.1. The van der Waals surface area contributed by atoms with Crippen LogP contribution in [0.2, 0.25) is 0 Å². The van der Waals surface area contributed by atoms with E-state index in [4.69, 9.17) is 24.7 Å². The molecule has 1 fully saturated rings. The number of thiazole rings is 1. The van der Waals surface area contributed by atoms with Crippen molar-refractivity contribution in [1.82, 2.24) is 14.5 Å². The van der Waals surface area contributed by atoms with E-state index < -0.39 is 47.6 Å². The fraction of sp³-hybridized carbons (Fsp3) is 0.562. The molecular weight excluding hydrogens is 408 g/mol. The van der Waals surface area contributed by atoms with E-state index in [2.05, 4.69) is 9.97 Å². The highest BCUT2D eigenvalue weighted by Gasteiger charge is 2.51. The van der Waals surface area contributed by atoms with E-state index in [9.17, 15) is 19.5 Å². The first-order valence-corrected chi connectivity index (χ1v) is 9.42. The van der Waals surface area contributed by atoms with Crippen molar-refractivity contribution in [1.29, 1.82) is 0 Å². The van der Waals surface area contributed by atoms with Gasteiger partial charge < -0.3 is 29.8 Å². The van der Waals surface area contributed by atoms with E-state index in [1.165, 1.54) is 31.5 Å². The van der Waals surface area contributed by atoms with Crippen LogP contribution in [0.15, 0.2) is 11.0 Å². The second-order valence-electron chi connectivity index (χ2n) is 6.30. The van der Waals surface area contributed by atoms with Gasteiger partial charge in [-0.2, -0.15) is 4.98 Å². The predicted octanol–water partition coefficient (Wildman–Crippen LogP) is -0.449. The van der Waals surface area contributed by atoms with Gasteiger partial charge in [0.05, 0.1) is 17.5 Å². The van der Waals surface area contributed by atoms with Crippen LogP contribution in [-0.4, -0.2) is 62.8 Å². The summed E-state index contributed by atoms with van der Waals surface area (Å²) in [6.45, 7) is 3.58. The van der Waals surface area contributed by atoms with Gasteiger partial charge in [-0.3, -0.25) is 19.0 Å². The van der Waals surface area contributed by atoms with E-state index in [0.29, 0.717) is 4.70 Å². The summed E-state index contributed by atoms with van der Waals surface area (Å²) in [4.78, 5) is 43.4. The number of aliphatic hydroxyl groups is 1. The van der Waals surface area contributed by atoms with Crippen molar-refractivity contribution >= 4 is 39.6 Å². The minimum Gasteiger partial charge on any atom is -0.456 e. The molecule has 0 amide bonds. The van der Waals surface area contributed by atoms with E-state index >= 15 is 0 Å². The minimum absolute atomic E-state index is 0.0587. The highest BCUT2D eigenvalue weighted by Crippen LogP contribution is 2.35. The normalized spacial score (nSPS) is 25.1. The number of carbonyl (C=O) groups excluding carboxylic acids is 2. The summed E-state index contributed by atoms with van der Waals surface area (Å²) in [5, 5.41) is 9.40. The molecule has 3 heterocycles. The number of ether oxygens (including phenoxy) is 4. The Morgan fingerprint density at radius 3 is 2.62 bits per heavy atom. The second-order valence-corrected chi connectivity index (χ2v) is 7.29. The van der Waals surface area contributed by atoms with Crippen molar-refractivity contribution in [3.05, 3.63) is 15.9 Å². The van der Waals surface area contributed by atoms with Crippen molar-refractivity contribution in [2.24, 2.45) is 0 Å². The largest absolute Gasteiger partial charge is 0.456 e. The van der Waals surface area contributed by atoms with Gasteiger partial charge in [-0.05, 0) is 6.92 Å². The number of esters is 2. The number of nitrogens with two attached hydrogens (primary N) is 1. The number of anilines is 1. The van der Waals surface area contributed by atoms with Gasteiger partial charge in [0.25, 0.3) is 0 Å². The Hall–Kier alpha value is -2.61. The zero-order valence-corrected chi connectivity index (χ0v) is 16.6. The molecule has 1 aliphatic rings. The van der Waals surface area contributed by atoms with E-state index in [0.717, 1.165) is 11.3 Å². The number of carbonyl (C=O) groups is 2. The van der Waals surface area contributed by atoms with Crippen LogP contribution in [-0.2, 0) is 28.5 Å². The molecule has 2 aromatic heterocycles. The molecule has 2 unspecified atom stereocenters. The predicted molar refractivity (Wildman–Crippen MR) is 98.7 cm³/mol. The molecule has 5 atom stereocenters. The maximum absolute atomic E-state index is 12.6. The van der Waals surface area contributed by atoms with Gasteiger partial charge in [0.2, 0.25) is 5.95 Å². The molecule has 0 radical (unpaired) electrons. The summed E-state index contributed by atoms with van der Waals surface area (Å²) in [6, 6.07) is 0. The smallest absolute Gasteiger partial charge is 0.311 e. The molecule has 3 N–H and O–H groups in total. The van der Waals surface area contributed by atoms with Crippen molar-refractivity contribution in [2.45, 2.75) is 51.6 Å². The van der Waals surface area contributed by atoms with Crippen LogP contribution in [0.3, 0.4) is 0 Å². The van der Waals surface area contributed by atoms with E-state index in [1.807, 2.05) is 0 Å². The average molecular weight is 428 g/mol. The molecule has 158 valence electrons. The number of hydrogen-bond acceptors (Lipinski definition) is 12. The summed E-state index contributed by atoms with van der Waals surface area (Å²) < 4.78 is 23.3. The van der Waals surface area contributed by atoms with Crippen LogP contribution in [0.4, 0.5) is 5.95 Å². The van der Waals surface area contributed by atoms with Crippen LogP contribution in [0.1, 0.15) is 27.0 Å². The Morgan fingerprint density at radius 2 is 2.00 bits per heavy atom. The van der Waals surface area contributed by atoms with Crippen molar-refractivity contribution in [2.75, 3.05) is 12.3 Å². The molecular formula is C16H20N4O8S. The lowest BCUT2D eigenvalue weighted by atomic mass is 10.1. The zero-order chi connectivity index (χ0) is 21.3. The highest BCUT2D eigenvalue weighted by molar-refractivity contribution is 7.16. The van der Waals surface area contributed by atoms with E-state index in [-0.39, 0.29) is 18.2 Å². The first-order chi connectivity index (χ1) is 13.7. The number of nitrogens with zero attached hydrogens (tertiary/aromatic N) is 3. The van der Waals surface area contributed by atoms with Gasteiger partial charge in [0, 0.05) is 13.8 Å². The molecule has 0 saturated carbocycles. The van der Waals surface area contributed by atoms with Crippen LogP contribution in [0.5, 0.6) is 0 Å². The molecule has 13 heteroatoms. The van der Waals surface area contributed by atoms with Gasteiger partial charge in [-0.25, -0.2) is 4.98 Å². The average Bonchev–Trinajstić information content (AvgIpc) is 3.09. The first-order valence-electron chi connectivity index (χ1n) is 8.60. The molecule has 0 bridgehead atoms. The number of aliphatic hydroxyl groups excluding tert-OH is 1. The SMILES string of the molecule is CC(=O)O[C@@H]1[C@@H](COC(C)O)OC(n2c(=O)sc3cnc(N)nc32)[C@@H]1OC(C)=O. The monoisotopic (exact) mass is 428 g/mol. The summed E-state index contributed by atoms with van der Waals surface area (Å²) in [6.07, 6.45) is -4.05. The Bertz CT molecular complexity index is 973. The molecule has 1 aliphatic heterocycles. The molecule has 29 heavy (non-hydrogen) atoms. The molecule has 2 aromatic rings.